The summed E-state index contributed by atoms with van der Waals surface area (Å²) in [5, 5.41) is 9.34. The first kappa shape index (κ1) is 17.4. The van der Waals surface area contributed by atoms with Crippen LogP contribution in [0.15, 0.2) is 16.6 Å². The second kappa shape index (κ2) is 7.53. The van der Waals surface area contributed by atoms with Crippen LogP contribution in [0, 0.1) is 23.7 Å². The Morgan fingerprint density at radius 3 is 2.58 bits per heavy atom. The Labute approximate surface area is 147 Å². The number of rotatable bonds is 5. The highest BCUT2D eigenvalue weighted by Gasteiger charge is 2.19. The smallest absolute Gasteiger partial charge is 0.222 e. The summed E-state index contributed by atoms with van der Waals surface area (Å²) in [5.41, 5.74) is 12.4. The number of hydrogen-bond acceptors (Lipinski definition) is 7. The molecule has 8 heteroatoms. The molecule has 1 aromatic carbocycles. The number of nitrogens with two attached hydrogens (primary N) is 2. The highest BCUT2D eigenvalue weighted by molar-refractivity contribution is 9.10. The summed E-state index contributed by atoms with van der Waals surface area (Å²) in [6.07, 6.45) is 5.22. The first-order valence-electron chi connectivity index (χ1n) is 6.87. The standard InChI is InChI=1S/C16H14BrN5O2/c1-3-5-24-13-7-11(17)9(6-12(13)23-4-2)14-10(8-18)15(19)22-16(20)21-14/h1,6-7H,4-5H2,2H3,(H4,19,20,21,22). The molecule has 0 unspecified atom stereocenters. The van der Waals surface area contributed by atoms with Crippen LogP contribution in [0.4, 0.5) is 11.8 Å². The molecule has 2 aromatic rings. The summed E-state index contributed by atoms with van der Waals surface area (Å²) in [5.74, 6) is 3.31. The first-order valence-corrected chi connectivity index (χ1v) is 7.67. The van der Waals surface area contributed by atoms with Gasteiger partial charge in [0, 0.05) is 10.0 Å². The molecule has 2 rings (SSSR count). The molecule has 0 aliphatic carbocycles. The van der Waals surface area contributed by atoms with Crippen molar-refractivity contribution in [2.24, 2.45) is 0 Å². The fourth-order valence-corrected chi connectivity index (χ4v) is 2.53. The van der Waals surface area contributed by atoms with Crippen molar-refractivity contribution in [1.82, 2.24) is 9.97 Å². The molecule has 0 aliphatic rings. The van der Waals surface area contributed by atoms with E-state index in [4.69, 9.17) is 27.4 Å². The number of terminal acetylenes is 1. The van der Waals surface area contributed by atoms with Crippen LogP contribution in [0.2, 0.25) is 0 Å². The van der Waals surface area contributed by atoms with Gasteiger partial charge in [-0.1, -0.05) is 5.92 Å². The number of hydrogen-bond donors (Lipinski definition) is 2. The molecule has 0 fully saturated rings. The largest absolute Gasteiger partial charge is 0.490 e. The quantitative estimate of drug-likeness (QED) is 0.755. The maximum Gasteiger partial charge on any atom is 0.222 e. The summed E-state index contributed by atoms with van der Waals surface area (Å²) in [6.45, 7) is 2.36. The van der Waals surface area contributed by atoms with E-state index in [1.807, 2.05) is 13.0 Å². The molecule has 4 N–H and O–H groups in total. The minimum absolute atomic E-state index is 0.0116. The van der Waals surface area contributed by atoms with Gasteiger partial charge in [0.2, 0.25) is 5.95 Å². The van der Waals surface area contributed by atoms with E-state index in [0.29, 0.717) is 33.8 Å². The molecule has 0 bridgehead atoms. The average molecular weight is 388 g/mol. The summed E-state index contributed by atoms with van der Waals surface area (Å²) in [4.78, 5) is 7.94. The molecule has 1 aromatic heterocycles. The lowest BCUT2D eigenvalue weighted by molar-refractivity contribution is 0.299. The highest BCUT2D eigenvalue weighted by Crippen LogP contribution is 2.40. The van der Waals surface area contributed by atoms with E-state index < -0.39 is 0 Å². The fourth-order valence-electron chi connectivity index (χ4n) is 2.02. The summed E-state index contributed by atoms with van der Waals surface area (Å²) in [7, 11) is 0. The Balaban J connectivity index is 2.66. The zero-order valence-electron chi connectivity index (χ0n) is 12.8. The van der Waals surface area contributed by atoms with Gasteiger partial charge in [0.1, 0.15) is 24.1 Å². The molecule has 0 spiro atoms. The third kappa shape index (κ3) is 3.50. The van der Waals surface area contributed by atoms with Crippen molar-refractivity contribution < 1.29 is 9.47 Å². The van der Waals surface area contributed by atoms with Crippen LogP contribution >= 0.6 is 15.9 Å². The molecule has 1 heterocycles. The Kier molecular flexibility index (Phi) is 5.46. The van der Waals surface area contributed by atoms with Gasteiger partial charge in [-0.25, -0.2) is 4.98 Å². The van der Waals surface area contributed by atoms with Crippen molar-refractivity contribution in [3.63, 3.8) is 0 Å². The molecular formula is C16H14BrN5O2. The Morgan fingerprint density at radius 1 is 1.25 bits per heavy atom. The van der Waals surface area contributed by atoms with E-state index in [2.05, 4.69) is 31.8 Å². The third-order valence-electron chi connectivity index (χ3n) is 2.97. The maximum absolute atomic E-state index is 9.34. The van der Waals surface area contributed by atoms with Crippen molar-refractivity contribution in [2.45, 2.75) is 6.92 Å². The molecule has 0 saturated carbocycles. The van der Waals surface area contributed by atoms with Gasteiger partial charge in [-0.15, -0.1) is 6.42 Å². The van der Waals surface area contributed by atoms with Crippen LogP contribution < -0.4 is 20.9 Å². The lowest BCUT2D eigenvalue weighted by Crippen LogP contribution is -2.06. The van der Waals surface area contributed by atoms with E-state index in [1.54, 1.807) is 12.1 Å². The number of ether oxygens (including phenoxy) is 2. The van der Waals surface area contributed by atoms with Gasteiger partial charge in [0.05, 0.1) is 12.3 Å². The van der Waals surface area contributed by atoms with E-state index in [0.717, 1.165) is 0 Å². The molecule has 0 amide bonds. The molecule has 0 aliphatic heterocycles. The lowest BCUT2D eigenvalue weighted by Gasteiger charge is -2.15. The van der Waals surface area contributed by atoms with Crippen LogP contribution in [0.5, 0.6) is 11.5 Å². The molecule has 0 radical (unpaired) electrons. The Morgan fingerprint density at radius 2 is 1.96 bits per heavy atom. The lowest BCUT2D eigenvalue weighted by atomic mass is 10.1. The van der Waals surface area contributed by atoms with Gasteiger partial charge in [-0.05, 0) is 35.0 Å². The van der Waals surface area contributed by atoms with E-state index in [-0.39, 0.29) is 23.9 Å². The topological polar surface area (TPSA) is 120 Å². The number of benzene rings is 1. The van der Waals surface area contributed by atoms with Crippen LogP contribution in [0.3, 0.4) is 0 Å². The van der Waals surface area contributed by atoms with Gasteiger partial charge in [-0.2, -0.15) is 10.2 Å². The second-order valence-electron chi connectivity index (χ2n) is 4.51. The van der Waals surface area contributed by atoms with Gasteiger partial charge in [-0.3, -0.25) is 0 Å². The number of nitriles is 1. The fraction of sp³-hybridized carbons (Fsp3) is 0.188. The van der Waals surface area contributed by atoms with E-state index in [9.17, 15) is 5.26 Å². The molecular weight excluding hydrogens is 374 g/mol. The highest BCUT2D eigenvalue weighted by atomic mass is 79.9. The predicted molar refractivity (Wildman–Crippen MR) is 94.2 cm³/mol. The van der Waals surface area contributed by atoms with Gasteiger partial charge >= 0.3 is 0 Å². The molecule has 7 nitrogen and oxygen atoms in total. The molecule has 24 heavy (non-hydrogen) atoms. The summed E-state index contributed by atoms with van der Waals surface area (Å²) >= 11 is 3.43. The number of nitrogen functional groups attached to an aromatic ring is 2. The van der Waals surface area contributed by atoms with Crippen molar-refractivity contribution in [3.8, 4) is 41.2 Å². The van der Waals surface area contributed by atoms with Crippen molar-refractivity contribution in [2.75, 3.05) is 24.7 Å². The Bertz CT molecular complexity index is 855. The van der Waals surface area contributed by atoms with Crippen molar-refractivity contribution in [3.05, 3.63) is 22.2 Å². The molecule has 0 atom stereocenters. The molecule has 0 saturated heterocycles. The Hall–Kier alpha value is -2.97. The molecule has 122 valence electrons. The van der Waals surface area contributed by atoms with Gasteiger partial charge < -0.3 is 20.9 Å². The summed E-state index contributed by atoms with van der Waals surface area (Å²) < 4.78 is 11.7. The average Bonchev–Trinajstić information content (AvgIpc) is 2.54. The van der Waals surface area contributed by atoms with Crippen LogP contribution in [0.1, 0.15) is 12.5 Å². The number of halogens is 1. The number of aromatic nitrogens is 2. The third-order valence-corrected chi connectivity index (χ3v) is 3.62. The first-order chi connectivity index (χ1) is 11.5. The SMILES string of the molecule is C#CCOc1cc(Br)c(-c2nc(N)nc(N)c2C#N)cc1OCC. The van der Waals surface area contributed by atoms with E-state index >= 15 is 0 Å². The van der Waals surface area contributed by atoms with Gasteiger partial charge in [0.25, 0.3) is 0 Å². The normalized spacial score (nSPS) is 9.83. The van der Waals surface area contributed by atoms with E-state index in [1.165, 1.54) is 0 Å². The van der Waals surface area contributed by atoms with Gasteiger partial charge in [0.15, 0.2) is 11.5 Å². The van der Waals surface area contributed by atoms with Crippen molar-refractivity contribution in [1.29, 1.82) is 5.26 Å². The zero-order valence-corrected chi connectivity index (χ0v) is 14.4. The van der Waals surface area contributed by atoms with Crippen LogP contribution in [0.25, 0.3) is 11.3 Å². The van der Waals surface area contributed by atoms with Crippen LogP contribution in [-0.2, 0) is 0 Å². The summed E-state index contributed by atoms with van der Waals surface area (Å²) in [6, 6.07) is 5.36. The predicted octanol–water partition coefficient (Wildman–Crippen LogP) is 2.35. The minimum atomic E-state index is -0.0287. The monoisotopic (exact) mass is 387 g/mol. The number of nitrogens with zero attached hydrogens (tertiary/aromatic N) is 3. The van der Waals surface area contributed by atoms with Crippen LogP contribution in [-0.4, -0.2) is 23.2 Å². The second-order valence-corrected chi connectivity index (χ2v) is 5.36. The number of anilines is 2. The minimum Gasteiger partial charge on any atom is -0.490 e. The zero-order chi connectivity index (χ0) is 17.7. The maximum atomic E-state index is 9.34. The van der Waals surface area contributed by atoms with Crippen molar-refractivity contribution >= 4 is 27.7 Å².